The van der Waals surface area contributed by atoms with Gasteiger partial charge in [0.25, 0.3) is 5.91 Å². The van der Waals surface area contributed by atoms with Gasteiger partial charge < -0.3 is 19.1 Å². The second-order valence-electron chi connectivity index (χ2n) is 7.33. The highest BCUT2D eigenvalue weighted by molar-refractivity contribution is 5.97. The summed E-state index contributed by atoms with van der Waals surface area (Å²) < 4.78 is 16.5. The number of benzene rings is 1. The molecule has 2 aromatic heterocycles. The van der Waals surface area contributed by atoms with Gasteiger partial charge in [-0.15, -0.1) is 0 Å². The lowest BCUT2D eigenvalue weighted by molar-refractivity contribution is 0.0728. The van der Waals surface area contributed by atoms with Gasteiger partial charge in [0.15, 0.2) is 0 Å². The van der Waals surface area contributed by atoms with Crippen molar-refractivity contribution in [2.75, 3.05) is 20.8 Å². The minimum absolute atomic E-state index is 0.0653. The van der Waals surface area contributed by atoms with Crippen LogP contribution in [0.25, 0.3) is 0 Å². The molecule has 31 heavy (non-hydrogen) atoms. The summed E-state index contributed by atoms with van der Waals surface area (Å²) in [7, 11) is 3.14. The van der Waals surface area contributed by atoms with Gasteiger partial charge >= 0.3 is 0 Å². The SMILES string of the molecule is COc1ccc(C(=O)N2CCc3c(COCc4ccncc4)cncc3C2)c(OC)c1. The number of fused-ring (bicyclic) bond motifs is 1. The lowest BCUT2D eigenvalue weighted by Crippen LogP contribution is -2.36. The fraction of sp³-hybridized carbons (Fsp3) is 0.292. The highest BCUT2D eigenvalue weighted by Gasteiger charge is 2.26. The van der Waals surface area contributed by atoms with Gasteiger partial charge in [-0.2, -0.15) is 0 Å². The first-order valence-electron chi connectivity index (χ1n) is 10.1. The van der Waals surface area contributed by atoms with Crippen molar-refractivity contribution in [1.82, 2.24) is 14.9 Å². The predicted molar refractivity (Wildman–Crippen MR) is 115 cm³/mol. The lowest BCUT2D eigenvalue weighted by Gasteiger charge is -2.30. The van der Waals surface area contributed by atoms with Crippen LogP contribution in [0, 0.1) is 0 Å². The third kappa shape index (κ3) is 4.67. The van der Waals surface area contributed by atoms with E-state index >= 15 is 0 Å². The summed E-state index contributed by atoms with van der Waals surface area (Å²) in [6.45, 7) is 2.14. The second-order valence-corrected chi connectivity index (χ2v) is 7.33. The molecule has 0 aliphatic carbocycles. The predicted octanol–water partition coefficient (Wildman–Crippen LogP) is 3.41. The van der Waals surface area contributed by atoms with Crippen molar-refractivity contribution in [1.29, 1.82) is 0 Å². The smallest absolute Gasteiger partial charge is 0.257 e. The van der Waals surface area contributed by atoms with Crippen LogP contribution < -0.4 is 9.47 Å². The Bertz CT molecular complexity index is 1060. The molecule has 0 unspecified atom stereocenters. The van der Waals surface area contributed by atoms with Gasteiger partial charge in [-0.1, -0.05) is 0 Å². The van der Waals surface area contributed by atoms with Crippen LogP contribution in [-0.4, -0.2) is 41.5 Å². The van der Waals surface area contributed by atoms with Gasteiger partial charge in [0.1, 0.15) is 11.5 Å². The Kier molecular flexibility index (Phi) is 6.43. The summed E-state index contributed by atoms with van der Waals surface area (Å²) in [4.78, 5) is 23.4. The Morgan fingerprint density at radius 1 is 1.03 bits per heavy atom. The summed E-state index contributed by atoms with van der Waals surface area (Å²) in [6, 6.07) is 9.13. The van der Waals surface area contributed by atoms with Crippen LogP contribution in [0.15, 0.2) is 55.1 Å². The number of ether oxygens (including phenoxy) is 3. The number of aromatic nitrogens is 2. The van der Waals surface area contributed by atoms with Gasteiger partial charge in [0.2, 0.25) is 0 Å². The number of nitrogens with zero attached hydrogens (tertiary/aromatic N) is 3. The Labute approximate surface area is 181 Å². The normalized spacial score (nSPS) is 12.9. The van der Waals surface area contributed by atoms with Gasteiger partial charge in [-0.05, 0) is 52.9 Å². The fourth-order valence-corrected chi connectivity index (χ4v) is 3.77. The van der Waals surface area contributed by atoms with E-state index in [1.807, 2.05) is 29.4 Å². The fourth-order valence-electron chi connectivity index (χ4n) is 3.77. The number of amides is 1. The molecule has 0 bridgehead atoms. The summed E-state index contributed by atoms with van der Waals surface area (Å²) in [5, 5.41) is 0. The molecule has 4 rings (SSSR count). The van der Waals surface area contributed by atoms with E-state index in [1.54, 1.807) is 44.8 Å². The van der Waals surface area contributed by atoms with E-state index in [2.05, 4.69) is 9.97 Å². The van der Waals surface area contributed by atoms with Crippen LogP contribution in [-0.2, 0) is 30.9 Å². The van der Waals surface area contributed by atoms with Crippen molar-refractivity contribution >= 4 is 5.91 Å². The molecular weight excluding hydrogens is 394 g/mol. The van der Waals surface area contributed by atoms with E-state index in [0.29, 0.717) is 43.4 Å². The van der Waals surface area contributed by atoms with E-state index < -0.39 is 0 Å². The maximum Gasteiger partial charge on any atom is 0.257 e. The number of methoxy groups -OCH3 is 2. The maximum absolute atomic E-state index is 13.2. The number of carbonyl (C=O) groups excluding carboxylic acids is 1. The van der Waals surface area contributed by atoms with Crippen LogP contribution in [0.2, 0.25) is 0 Å². The van der Waals surface area contributed by atoms with E-state index in [0.717, 1.165) is 23.1 Å². The molecule has 0 radical (unpaired) electrons. The Balaban J connectivity index is 1.45. The van der Waals surface area contributed by atoms with Gasteiger partial charge in [0.05, 0.1) is 33.0 Å². The average Bonchev–Trinajstić information content (AvgIpc) is 2.83. The molecule has 1 aliphatic rings. The van der Waals surface area contributed by atoms with Crippen LogP contribution >= 0.6 is 0 Å². The summed E-state index contributed by atoms with van der Waals surface area (Å²) in [5.74, 6) is 1.09. The van der Waals surface area contributed by atoms with Crippen molar-refractivity contribution in [2.45, 2.75) is 26.2 Å². The first kappa shape index (κ1) is 20.8. The molecule has 7 nitrogen and oxygen atoms in total. The molecule has 3 heterocycles. The molecule has 0 N–H and O–H groups in total. The van der Waals surface area contributed by atoms with Crippen molar-refractivity contribution in [3.63, 3.8) is 0 Å². The monoisotopic (exact) mass is 419 g/mol. The standard InChI is InChI=1S/C24H25N3O4/c1-29-20-3-4-22(23(11-20)30-2)24(28)27-10-7-21-18(14-27)12-26-13-19(21)16-31-15-17-5-8-25-9-6-17/h3-6,8-9,11-13H,7,10,14-16H2,1-2H3. The van der Waals surface area contributed by atoms with Crippen molar-refractivity contribution < 1.29 is 19.0 Å². The number of rotatable bonds is 7. The van der Waals surface area contributed by atoms with E-state index in [4.69, 9.17) is 14.2 Å². The van der Waals surface area contributed by atoms with Crippen molar-refractivity contribution in [2.24, 2.45) is 0 Å². The molecule has 0 spiro atoms. The third-order valence-electron chi connectivity index (χ3n) is 5.43. The molecule has 1 aromatic carbocycles. The third-order valence-corrected chi connectivity index (χ3v) is 5.43. The number of carbonyl (C=O) groups is 1. The molecule has 1 amide bonds. The van der Waals surface area contributed by atoms with Crippen LogP contribution in [0.4, 0.5) is 0 Å². The zero-order chi connectivity index (χ0) is 21.6. The number of hydrogen-bond acceptors (Lipinski definition) is 6. The zero-order valence-corrected chi connectivity index (χ0v) is 17.7. The van der Waals surface area contributed by atoms with Crippen LogP contribution in [0.5, 0.6) is 11.5 Å². The molecule has 0 atom stereocenters. The minimum Gasteiger partial charge on any atom is -0.497 e. The molecule has 160 valence electrons. The largest absolute Gasteiger partial charge is 0.497 e. The molecule has 0 saturated heterocycles. The Hall–Kier alpha value is -3.45. The first-order chi connectivity index (χ1) is 15.2. The lowest BCUT2D eigenvalue weighted by atomic mass is 9.97. The first-order valence-corrected chi connectivity index (χ1v) is 10.1. The Morgan fingerprint density at radius 2 is 1.87 bits per heavy atom. The molecular formula is C24H25N3O4. The molecule has 3 aromatic rings. The molecule has 7 heteroatoms. The molecule has 0 fully saturated rings. The zero-order valence-electron chi connectivity index (χ0n) is 17.7. The Morgan fingerprint density at radius 3 is 2.65 bits per heavy atom. The molecule has 0 saturated carbocycles. The maximum atomic E-state index is 13.2. The van der Waals surface area contributed by atoms with E-state index in [1.165, 1.54) is 5.56 Å². The molecule has 1 aliphatic heterocycles. The van der Waals surface area contributed by atoms with E-state index in [9.17, 15) is 4.79 Å². The van der Waals surface area contributed by atoms with Crippen LogP contribution in [0.1, 0.15) is 32.6 Å². The number of pyridine rings is 2. The second kappa shape index (κ2) is 9.57. The average molecular weight is 419 g/mol. The van der Waals surface area contributed by atoms with Crippen LogP contribution in [0.3, 0.4) is 0 Å². The van der Waals surface area contributed by atoms with E-state index in [-0.39, 0.29) is 5.91 Å². The quantitative estimate of drug-likeness (QED) is 0.584. The van der Waals surface area contributed by atoms with Gasteiger partial charge in [-0.25, -0.2) is 0 Å². The summed E-state index contributed by atoms with van der Waals surface area (Å²) in [6.07, 6.45) is 7.97. The highest BCUT2D eigenvalue weighted by Crippen LogP contribution is 2.28. The minimum atomic E-state index is -0.0653. The summed E-state index contributed by atoms with van der Waals surface area (Å²) in [5.41, 5.74) is 4.95. The summed E-state index contributed by atoms with van der Waals surface area (Å²) >= 11 is 0. The van der Waals surface area contributed by atoms with Crippen molar-refractivity contribution in [3.05, 3.63) is 82.9 Å². The van der Waals surface area contributed by atoms with Gasteiger partial charge in [0, 0.05) is 43.9 Å². The number of hydrogen-bond donors (Lipinski definition) is 0. The van der Waals surface area contributed by atoms with Gasteiger partial charge in [-0.3, -0.25) is 14.8 Å². The van der Waals surface area contributed by atoms with Crippen molar-refractivity contribution in [3.8, 4) is 11.5 Å². The topological polar surface area (TPSA) is 73.8 Å². The highest BCUT2D eigenvalue weighted by atomic mass is 16.5.